The largest absolute Gasteiger partial charge is 1.00 e. The van der Waals surface area contributed by atoms with Crippen molar-refractivity contribution in [2.75, 3.05) is 26.7 Å². The Morgan fingerprint density at radius 3 is 2.70 bits per heavy atom. The topological polar surface area (TPSA) is 26.3 Å². The van der Waals surface area contributed by atoms with Crippen molar-refractivity contribution in [3.63, 3.8) is 0 Å². The Bertz CT molecular complexity index is 544. The van der Waals surface area contributed by atoms with E-state index in [0.717, 1.165) is 5.56 Å². The summed E-state index contributed by atoms with van der Waals surface area (Å²) < 4.78 is 6.89. The molecule has 4 heteroatoms. The second-order valence-electron chi connectivity index (χ2n) is 7.31. The molecule has 128 valence electrons. The van der Waals surface area contributed by atoms with Gasteiger partial charge in [0, 0.05) is 12.3 Å². The average Bonchev–Trinajstić information content (AvgIpc) is 2.52. The van der Waals surface area contributed by atoms with Gasteiger partial charge in [-0.15, -0.1) is 0 Å². The monoisotopic (exact) mass is 429 g/mol. The molecule has 3 rings (SSSR count). The fourth-order valence-electron chi connectivity index (χ4n) is 4.49. The third-order valence-corrected chi connectivity index (χ3v) is 5.80. The van der Waals surface area contributed by atoms with E-state index in [1.807, 2.05) is 31.2 Å². The predicted octanol–water partition coefficient (Wildman–Crippen LogP) is 0.565. The summed E-state index contributed by atoms with van der Waals surface area (Å²) in [6.45, 7) is 5.15. The summed E-state index contributed by atoms with van der Waals surface area (Å²) in [6.07, 6.45) is 6.45. The van der Waals surface area contributed by atoms with Crippen LogP contribution in [0.1, 0.15) is 48.0 Å². The Balaban J connectivity index is 0.00000192. The SMILES string of the molecule is Cc1ccccc1C(=O)OCC1CCC[N+]2(C)CCCCC12.[I-]. The van der Waals surface area contributed by atoms with Gasteiger partial charge in [-0.05, 0) is 44.2 Å². The molecule has 3 unspecified atom stereocenters. The van der Waals surface area contributed by atoms with E-state index in [0.29, 0.717) is 24.1 Å². The second kappa shape index (κ2) is 7.97. The van der Waals surface area contributed by atoms with Gasteiger partial charge in [-0.25, -0.2) is 4.79 Å². The van der Waals surface area contributed by atoms with E-state index in [9.17, 15) is 4.79 Å². The molecule has 3 nitrogen and oxygen atoms in total. The molecule has 2 saturated heterocycles. The molecular formula is C19H28INO2. The van der Waals surface area contributed by atoms with Gasteiger partial charge in [0.25, 0.3) is 0 Å². The first-order valence-corrected chi connectivity index (χ1v) is 8.67. The third-order valence-electron chi connectivity index (χ3n) is 5.80. The van der Waals surface area contributed by atoms with Crippen LogP contribution in [-0.2, 0) is 4.74 Å². The van der Waals surface area contributed by atoms with E-state index in [-0.39, 0.29) is 29.9 Å². The van der Waals surface area contributed by atoms with E-state index in [1.165, 1.54) is 49.7 Å². The summed E-state index contributed by atoms with van der Waals surface area (Å²) in [5.41, 5.74) is 1.70. The zero-order valence-electron chi connectivity index (χ0n) is 14.3. The molecule has 2 fully saturated rings. The van der Waals surface area contributed by atoms with Gasteiger partial charge < -0.3 is 33.2 Å². The molecule has 2 heterocycles. The van der Waals surface area contributed by atoms with Gasteiger partial charge in [-0.2, -0.15) is 0 Å². The standard InChI is InChI=1S/C19H28NO2.HI/c1-15-8-3-4-10-17(15)19(21)22-14-16-9-7-13-20(2)12-6-5-11-18(16)20;/h3-4,8,10,16,18H,5-7,9,11-14H2,1-2H3;1H/q+1;/p-1. The molecule has 2 aliphatic heterocycles. The van der Waals surface area contributed by atoms with Gasteiger partial charge in [0.15, 0.2) is 0 Å². The predicted molar refractivity (Wildman–Crippen MR) is 87.7 cm³/mol. The van der Waals surface area contributed by atoms with Gasteiger partial charge in [0.1, 0.15) is 6.61 Å². The van der Waals surface area contributed by atoms with Crippen LogP contribution in [0.3, 0.4) is 0 Å². The minimum Gasteiger partial charge on any atom is -1.00 e. The maximum Gasteiger partial charge on any atom is 0.338 e. The molecule has 1 aromatic carbocycles. The van der Waals surface area contributed by atoms with Crippen molar-refractivity contribution in [1.29, 1.82) is 0 Å². The Morgan fingerprint density at radius 2 is 1.91 bits per heavy atom. The number of piperidine rings is 2. The lowest BCUT2D eigenvalue weighted by molar-refractivity contribution is -0.947. The number of carbonyl (C=O) groups excluding carboxylic acids is 1. The number of nitrogens with zero attached hydrogens (tertiary/aromatic N) is 1. The first-order valence-electron chi connectivity index (χ1n) is 8.67. The van der Waals surface area contributed by atoms with Crippen LogP contribution in [0, 0.1) is 12.8 Å². The first kappa shape index (κ1) is 18.7. The number of carbonyl (C=O) groups is 1. The fourth-order valence-corrected chi connectivity index (χ4v) is 4.49. The second-order valence-corrected chi connectivity index (χ2v) is 7.31. The van der Waals surface area contributed by atoms with Gasteiger partial charge in [0.2, 0.25) is 0 Å². The average molecular weight is 429 g/mol. The molecule has 3 atom stereocenters. The van der Waals surface area contributed by atoms with E-state index < -0.39 is 0 Å². The zero-order chi connectivity index (χ0) is 15.6. The summed E-state index contributed by atoms with van der Waals surface area (Å²) in [6, 6.07) is 8.37. The van der Waals surface area contributed by atoms with E-state index in [4.69, 9.17) is 4.74 Å². The Hall–Kier alpha value is -0.620. The molecule has 0 bridgehead atoms. The summed E-state index contributed by atoms with van der Waals surface area (Å²) in [4.78, 5) is 12.3. The van der Waals surface area contributed by atoms with Crippen molar-refractivity contribution in [1.82, 2.24) is 0 Å². The number of hydrogen-bond acceptors (Lipinski definition) is 2. The van der Waals surface area contributed by atoms with Crippen LogP contribution in [0.5, 0.6) is 0 Å². The number of quaternary nitrogens is 1. The van der Waals surface area contributed by atoms with Crippen molar-refractivity contribution in [3.8, 4) is 0 Å². The lowest BCUT2D eigenvalue weighted by Gasteiger charge is -2.51. The number of halogens is 1. The number of hydrogen-bond donors (Lipinski definition) is 0. The van der Waals surface area contributed by atoms with Crippen LogP contribution < -0.4 is 24.0 Å². The van der Waals surface area contributed by atoms with Gasteiger partial charge in [-0.1, -0.05) is 18.2 Å². The highest BCUT2D eigenvalue weighted by Gasteiger charge is 2.43. The smallest absolute Gasteiger partial charge is 0.338 e. The minimum absolute atomic E-state index is 0. The summed E-state index contributed by atoms with van der Waals surface area (Å²) in [5, 5.41) is 0. The molecule has 1 aromatic rings. The highest BCUT2D eigenvalue weighted by molar-refractivity contribution is 5.90. The highest BCUT2D eigenvalue weighted by Crippen LogP contribution is 2.36. The van der Waals surface area contributed by atoms with E-state index in [2.05, 4.69) is 7.05 Å². The van der Waals surface area contributed by atoms with Gasteiger partial charge >= 0.3 is 5.97 Å². The normalized spacial score (nSPS) is 30.0. The van der Waals surface area contributed by atoms with E-state index >= 15 is 0 Å². The fraction of sp³-hybridized carbons (Fsp3) is 0.632. The molecule has 2 aliphatic rings. The maximum absolute atomic E-state index is 12.3. The number of aryl methyl sites for hydroxylation is 1. The quantitative estimate of drug-likeness (QED) is 0.399. The molecule has 0 spiro atoms. The van der Waals surface area contributed by atoms with Crippen molar-refractivity contribution < 1.29 is 38.0 Å². The van der Waals surface area contributed by atoms with Crippen molar-refractivity contribution in [3.05, 3.63) is 35.4 Å². The van der Waals surface area contributed by atoms with Crippen LogP contribution in [0.4, 0.5) is 0 Å². The molecule has 0 radical (unpaired) electrons. The number of esters is 1. The lowest BCUT2D eigenvalue weighted by Crippen LogP contribution is -3.00. The number of benzene rings is 1. The van der Waals surface area contributed by atoms with Crippen molar-refractivity contribution >= 4 is 5.97 Å². The zero-order valence-corrected chi connectivity index (χ0v) is 16.4. The minimum atomic E-state index is -0.159. The maximum atomic E-state index is 12.3. The Kier molecular flexibility index (Phi) is 6.48. The molecule has 0 amide bonds. The third kappa shape index (κ3) is 4.08. The van der Waals surface area contributed by atoms with Crippen molar-refractivity contribution in [2.24, 2.45) is 5.92 Å². The molecule has 0 N–H and O–H groups in total. The molecule has 0 aromatic heterocycles. The van der Waals surface area contributed by atoms with Crippen LogP contribution in [0.2, 0.25) is 0 Å². The molecule has 0 saturated carbocycles. The number of rotatable bonds is 3. The van der Waals surface area contributed by atoms with Gasteiger partial charge in [0.05, 0.1) is 31.7 Å². The Labute approximate surface area is 157 Å². The summed E-state index contributed by atoms with van der Waals surface area (Å²) in [5.74, 6) is 0.376. The molecule has 0 aliphatic carbocycles. The number of fused-ring (bicyclic) bond motifs is 1. The molecular weight excluding hydrogens is 401 g/mol. The lowest BCUT2D eigenvalue weighted by atomic mass is 9.82. The summed E-state index contributed by atoms with van der Waals surface area (Å²) >= 11 is 0. The van der Waals surface area contributed by atoms with E-state index in [1.54, 1.807) is 0 Å². The van der Waals surface area contributed by atoms with Crippen molar-refractivity contribution in [2.45, 2.75) is 45.1 Å². The van der Waals surface area contributed by atoms with Crippen LogP contribution >= 0.6 is 0 Å². The van der Waals surface area contributed by atoms with Crippen LogP contribution in [-0.4, -0.2) is 43.2 Å². The van der Waals surface area contributed by atoms with Crippen LogP contribution in [0.15, 0.2) is 24.3 Å². The molecule has 23 heavy (non-hydrogen) atoms. The van der Waals surface area contributed by atoms with Crippen LogP contribution in [0.25, 0.3) is 0 Å². The number of ether oxygens (including phenoxy) is 1. The first-order chi connectivity index (χ1) is 10.6. The van der Waals surface area contributed by atoms with Gasteiger partial charge in [-0.3, -0.25) is 0 Å². The highest BCUT2D eigenvalue weighted by atomic mass is 127. The Morgan fingerprint density at radius 1 is 1.17 bits per heavy atom. The summed E-state index contributed by atoms with van der Waals surface area (Å²) in [7, 11) is 2.40.